The van der Waals surface area contributed by atoms with Crippen molar-refractivity contribution in [1.82, 2.24) is 4.57 Å². The monoisotopic (exact) mass is 338 g/mol. The van der Waals surface area contributed by atoms with Crippen molar-refractivity contribution < 1.29 is 14.8 Å². The molecule has 6 nitrogen and oxygen atoms in total. The first-order valence-electron chi connectivity index (χ1n) is 5.72. The van der Waals surface area contributed by atoms with Crippen molar-refractivity contribution in [3.05, 3.63) is 61.9 Å². The van der Waals surface area contributed by atoms with Crippen LogP contribution in [0.4, 0.5) is 5.69 Å². The molecule has 104 valence electrons. The SMILES string of the molecule is Cc1ccn(Cc2ccc([N+](=O)[O-])cc2Br)c1C(=O)O. The van der Waals surface area contributed by atoms with Gasteiger partial charge in [0.05, 0.1) is 4.92 Å². The Hall–Kier alpha value is -2.15. The Morgan fingerprint density at radius 2 is 2.15 bits per heavy atom. The standard InChI is InChI=1S/C13H11BrN2O4/c1-8-4-5-15(12(8)13(17)18)7-9-2-3-10(16(19)20)6-11(9)14/h2-6H,7H2,1H3,(H,17,18). The fourth-order valence-corrected chi connectivity index (χ4v) is 2.46. The molecule has 1 aromatic carbocycles. The molecule has 0 amide bonds. The molecule has 0 fully saturated rings. The largest absolute Gasteiger partial charge is 0.477 e. The van der Waals surface area contributed by atoms with Crippen molar-refractivity contribution in [2.75, 3.05) is 0 Å². The average Bonchev–Trinajstić information content (AvgIpc) is 2.72. The molecule has 0 unspecified atom stereocenters. The molecular weight excluding hydrogens is 328 g/mol. The summed E-state index contributed by atoms with van der Waals surface area (Å²) < 4.78 is 2.18. The van der Waals surface area contributed by atoms with Gasteiger partial charge in [0.25, 0.3) is 5.69 Å². The van der Waals surface area contributed by atoms with Crippen LogP contribution >= 0.6 is 15.9 Å². The number of nitro groups is 1. The van der Waals surface area contributed by atoms with Gasteiger partial charge in [0.1, 0.15) is 5.69 Å². The summed E-state index contributed by atoms with van der Waals surface area (Å²) in [6, 6.07) is 6.15. The van der Waals surface area contributed by atoms with Crippen molar-refractivity contribution in [2.45, 2.75) is 13.5 Å². The summed E-state index contributed by atoms with van der Waals surface area (Å²) in [5.74, 6) is -0.995. The normalized spacial score (nSPS) is 10.5. The Labute approximate surface area is 122 Å². The maximum Gasteiger partial charge on any atom is 0.352 e. The van der Waals surface area contributed by atoms with E-state index in [2.05, 4.69) is 15.9 Å². The smallest absolute Gasteiger partial charge is 0.352 e. The zero-order chi connectivity index (χ0) is 14.9. The second-order valence-corrected chi connectivity index (χ2v) is 5.17. The van der Waals surface area contributed by atoms with E-state index in [0.717, 1.165) is 5.56 Å². The van der Waals surface area contributed by atoms with Gasteiger partial charge in [0.2, 0.25) is 0 Å². The number of rotatable bonds is 4. The van der Waals surface area contributed by atoms with Gasteiger partial charge in [-0.05, 0) is 30.2 Å². The van der Waals surface area contributed by atoms with Gasteiger partial charge in [-0.15, -0.1) is 0 Å². The number of non-ortho nitro benzene ring substituents is 1. The second-order valence-electron chi connectivity index (χ2n) is 4.31. The highest BCUT2D eigenvalue weighted by Crippen LogP contribution is 2.24. The molecule has 20 heavy (non-hydrogen) atoms. The minimum Gasteiger partial charge on any atom is -0.477 e. The molecule has 0 aliphatic heterocycles. The number of halogens is 1. The zero-order valence-electron chi connectivity index (χ0n) is 10.5. The van der Waals surface area contributed by atoms with Gasteiger partial charge in [0, 0.05) is 29.3 Å². The highest BCUT2D eigenvalue weighted by atomic mass is 79.9. The van der Waals surface area contributed by atoms with Gasteiger partial charge in [0.15, 0.2) is 0 Å². The Morgan fingerprint density at radius 3 is 2.70 bits per heavy atom. The Morgan fingerprint density at radius 1 is 1.45 bits per heavy atom. The molecular formula is C13H11BrN2O4. The van der Waals surface area contributed by atoms with Crippen LogP contribution in [0, 0.1) is 17.0 Å². The van der Waals surface area contributed by atoms with Crippen LogP contribution in [0.25, 0.3) is 0 Å². The van der Waals surface area contributed by atoms with E-state index < -0.39 is 10.9 Å². The molecule has 0 atom stereocenters. The minimum atomic E-state index is -0.995. The quantitative estimate of drug-likeness (QED) is 0.685. The highest BCUT2D eigenvalue weighted by Gasteiger charge is 2.15. The predicted molar refractivity (Wildman–Crippen MR) is 76.0 cm³/mol. The summed E-state index contributed by atoms with van der Waals surface area (Å²) in [6.45, 7) is 2.05. The van der Waals surface area contributed by atoms with Gasteiger partial charge in [-0.3, -0.25) is 10.1 Å². The van der Waals surface area contributed by atoms with Crippen LogP contribution in [0.15, 0.2) is 34.9 Å². The molecule has 0 saturated heterocycles. The Bertz CT molecular complexity index is 694. The number of carbonyl (C=O) groups is 1. The summed E-state index contributed by atoms with van der Waals surface area (Å²) in [4.78, 5) is 21.4. The molecule has 2 aromatic rings. The van der Waals surface area contributed by atoms with Crippen molar-refractivity contribution in [3.8, 4) is 0 Å². The van der Waals surface area contributed by atoms with Crippen LogP contribution in [0.2, 0.25) is 0 Å². The molecule has 1 aromatic heterocycles. The third-order valence-corrected chi connectivity index (χ3v) is 3.69. The number of carboxylic acids is 1. The third kappa shape index (κ3) is 2.72. The number of nitrogens with zero attached hydrogens (tertiary/aromatic N) is 2. The van der Waals surface area contributed by atoms with E-state index in [1.54, 1.807) is 29.8 Å². The van der Waals surface area contributed by atoms with Crippen LogP contribution in [-0.4, -0.2) is 20.6 Å². The molecule has 0 bridgehead atoms. The first-order valence-corrected chi connectivity index (χ1v) is 6.51. The van der Waals surface area contributed by atoms with Crippen LogP contribution in [-0.2, 0) is 6.54 Å². The number of hydrogen-bond donors (Lipinski definition) is 1. The van der Waals surface area contributed by atoms with Crippen molar-refractivity contribution in [3.63, 3.8) is 0 Å². The number of hydrogen-bond acceptors (Lipinski definition) is 3. The lowest BCUT2D eigenvalue weighted by Gasteiger charge is -2.09. The first kappa shape index (κ1) is 14.3. The number of carboxylic acid groups (broad SMARTS) is 1. The number of aryl methyl sites for hydroxylation is 1. The summed E-state index contributed by atoms with van der Waals surface area (Å²) in [7, 11) is 0. The molecule has 2 rings (SSSR count). The fourth-order valence-electron chi connectivity index (χ4n) is 1.97. The average molecular weight is 339 g/mol. The molecule has 0 aliphatic carbocycles. The van der Waals surface area contributed by atoms with Gasteiger partial charge in [-0.25, -0.2) is 4.79 Å². The van der Waals surface area contributed by atoms with Crippen LogP contribution in [0.5, 0.6) is 0 Å². The summed E-state index contributed by atoms with van der Waals surface area (Å²) in [6.07, 6.45) is 1.69. The van der Waals surface area contributed by atoms with Gasteiger partial charge < -0.3 is 9.67 Å². The van der Waals surface area contributed by atoms with Gasteiger partial charge in [-0.1, -0.05) is 15.9 Å². The molecule has 0 spiro atoms. The van der Waals surface area contributed by atoms with E-state index in [0.29, 0.717) is 16.6 Å². The van der Waals surface area contributed by atoms with Crippen molar-refractivity contribution in [1.29, 1.82) is 0 Å². The first-order chi connectivity index (χ1) is 9.40. The van der Waals surface area contributed by atoms with E-state index in [4.69, 9.17) is 0 Å². The molecule has 0 saturated carbocycles. The molecule has 1 N–H and O–H groups in total. The fraction of sp³-hybridized carbons (Fsp3) is 0.154. The van der Waals surface area contributed by atoms with Crippen molar-refractivity contribution >= 4 is 27.6 Å². The van der Waals surface area contributed by atoms with E-state index in [9.17, 15) is 20.0 Å². The van der Waals surface area contributed by atoms with E-state index in [-0.39, 0.29) is 11.4 Å². The Balaban J connectivity index is 2.36. The topological polar surface area (TPSA) is 85.4 Å². The third-order valence-electron chi connectivity index (χ3n) is 2.96. The lowest BCUT2D eigenvalue weighted by Crippen LogP contribution is -2.10. The van der Waals surface area contributed by atoms with Crippen LogP contribution in [0.3, 0.4) is 0 Å². The molecule has 7 heteroatoms. The van der Waals surface area contributed by atoms with Gasteiger partial charge in [-0.2, -0.15) is 0 Å². The van der Waals surface area contributed by atoms with Gasteiger partial charge >= 0.3 is 5.97 Å². The lowest BCUT2D eigenvalue weighted by atomic mass is 10.2. The van der Waals surface area contributed by atoms with Crippen LogP contribution < -0.4 is 0 Å². The summed E-state index contributed by atoms with van der Waals surface area (Å²) in [5.41, 5.74) is 1.65. The molecule has 0 aliphatic rings. The highest BCUT2D eigenvalue weighted by molar-refractivity contribution is 9.10. The van der Waals surface area contributed by atoms with E-state index >= 15 is 0 Å². The number of aromatic nitrogens is 1. The lowest BCUT2D eigenvalue weighted by molar-refractivity contribution is -0.384. The predicted octanol–water partition coefficient (Wildman–Crippen LogP) is 3.21. The zero-order valence-corrected chi connectivity index (χ0v) is 12.1. The number of aromatic carboxylic acids is 1. The maximum absolute atomic E-state index is 11.2. The maximum atomic E-state index is 11.2. The summed E-state index contributed by atoms with van der Waals surface area (Å²) in [5, 5.41) is 19.8. The van der Waals surface area contributed by atoms with E-state index in [1.807, 2.05) is 0 Å². The van der Waals surface area contributed by atoms with Crippen LogP contribution in [0.1, 0.15) is 21.6 Å². The summed E-state index contributed by atoms with van der Waals surface area (Å²) >= 11 is 3.28. The Kier molecular flexibility index (Phi) is 3.89. The number of nitro benzene ring substituents is 1. The second kappa shape index (κ2) is 5.46. The van der Waals surface area contributed by atoms with Crippen molar-refractivity contribution in [2.24, 2.45) is 0 Å². The molecule has 1 heterocycles. The van der Waals surface area contributed by atoms with E-state index in [1.165, 1.54) is 12.1 Å². The molecule has 0 radical (unpaired) electrons. The number of benzene rings is 1. The minimum absolute atomic E-state index is 0.0113.